The molecule has 0 fully saturated rings. The van der Waals surface area contributed by atoms with Crippen molar-refractivity contribution in [3.63, 3.8) is 0 Å². The Balaban J connectivity index is 4.08. The van der Waals surface area contributed by atoms with Crippen LogP contribution < -0.4 is 5.73 Å². The Kier molecular flexibility index (Phi) is 66.9. The van der Waals surface area contributed by atoms with Crippen LogP contribution in [-0.2, 0) is 32.7 Å². The molecule has 0 heterocycles. The monoisotopic (exact) mass is 1240 g/mol. The van der Waals surface area contributed by atoms with Gasteiger partial charge in [0.1, 0.15) is 6.61 Å². The van der Waals surface area contributed by atoms with Gasteiger partial charge in [-0.15, -0.1) is 0 Å². The van der Waals surface area contributed by atoms with Crippen LogP contribution in [0.1, 0.15) is 232 Å². The van der Waals surface area contributed by atoms with Crippen molar-refractivity contribution in [2.24, 2.45) is 5.73 Å². The molecule has 0 spiro atoms. The number of rotatable bonds is 61. The lowest BCUT2D eigenvalue weighted by Gasteiger charge is -2.19. The fourth-order valence-electron chi connectivity index (χ4n) is 8.38. The molecule has 2 atom stereocenters. The first-order valence-electron chi connectivity index (χ1n) is 34.2. The maximum atomic E-state index is 12.8. The van der Waals surface area contributed by atoms with Gasteiger partial charge in [0.05, 0.1) is 13.2 Å². The van der Waals surface area contributed by atoms with Crippen LogP contribution in [0.5, 0.6) is 0 Å². The summed E-state index contributed by atoms with van der Waals surface area (Å²) in [5, 5.41) is 0. The average Bonchev–Trinajstić information content (AvgIpc) is 3.68. The lowest BCUT2D eigenvalue weighted by atomic mass is 10.1. The minimum atomic E-state index is -4.42. The van der Waals surface area contributed by atoms with Crippen molar-refractivity contribution >= 4 is 19.8 Å². The maximum absolute atomic E-state index is 12.8. The highest BCUT2D eigenvalue weighted by Crippen LogP contribution is 2.43. The van der Waals surface area contributed by atoms with Gasteiger partial charge in [-0.25, -0.2) is 4.57 Å². The SMILES string of the molecule is CC/C=C\C/C=C\C/C=C\C/C=C\C/C=C\C/C=C\C/C=C\C/C=C\C/C=C\CCCCCCCCCCCC(=O)OC(COC(=O)CCCCC/C=C\C/C=C\C/C=C\C/C=C\C/C=C\C/C=C\C/C=C\C/C=C\C/C=C\CC)COP(=O)(O)OCCN. The molecule has 10 heteroatoms. The summed E-state index contributed by atoms with van der Waals surface area (Å²) in [5.74, 6) is -0.891. The van der Waals surface area contributed by atoms with E-state index in [0.29, 0.717) is 12.8 Å². The van der Waals surface area contributed by atoms with Crippen molar-refractivity contribution in [2.75, 3.05) is 26.4 Å². The molecular weight excluding hydrogens is 1120 g/mol. The Morgan fingerprint density at radius 1 is 0.337 bits per heavy atom. The molecule has 0 radical (unpaired) electrons. The van der Waals surface area contributed by atoms with Gasteiger partial charge in [0.15, 0.2) is 6.10 Å². The molecule has 0 aliphatic carbocycles. The Morgan fingerprint density at radius 2 is 0.584 bits per heavy atom. The zero-order valence-corrected chi connectivity index (χ0v) is 56.5. The van der Waals surface area contributed by atoms with E-state index in [4.69, 9.17) is 24.3 Å². The van der Waals surface area contributed by atoms with Gasteiger partial charge in [0, 0.05) is 19.4 Å². The molecule has 89 heavy (non-hydrogen) atoms. The van der Waals surface area contributed by atoms with E-state index in [0.717, 1.165) is 161 Å². The van der Waals surface area contributed by atoms with Crippen LogP contribution in [0.2, 0.25) is 0 Å². The molecule has 2 unspecified atom stereocenters. The van der Waals surface area contributed by atoms with Crippen LogP contribution in [0.3, 0.4) is 0 Å². The van der Waals surface area contributed by atoms with Crippen LogP contribution in [-0.4, -0.2) is 49.3 Å². The van der Waals surface area contributed by atoms with Gasteiger partial charge in [-0.2, -0.15) is 0 Å². The van der Waals surface area contributed by atoms with Crippen molar-refractivity contribution in [1.82, 2.24) is 0 Å². The summed E-state index contributed by atoms with van der Waals surface area (Å²) in [6.45, 7) is 3.44. The topological polar surface area (TPSA) is 134 Å². The second kappa shape index (κ2) is 71.4. The summed E-state index contributed by atoms with van der Waals surface area (Å²) < 4.78 is 33.1. The number of ether oxygens (including phenoxy) is 2. The molecule has 0 aromatic carbocycles. The van der Waals surface area contributed by atoms with Gasteiger partial charge in [-0.05, 0) is 154 Å². The second-order valence-electron chi connectivity index (χ2n) is 21.6. The van der Waals surface area contributed by atoms with Crippen molar-refractivity contribution in [3.8, 4) is 0 Å². The molecule has 9 nitrogen and oxygen atoms in total. The third-order valence-electron chi connectivity index (χ3n) is 13.4. The minimum Gasteiger partial charge on any atom is -0.462 e. The lowest BCUT2D eigenvalue weighted by Crippen LogP contribution is -2.29. The summed E-state index contributed by atoms with van der Waals surface area (Å²) in [6.07, 6.45) is 112. The quantitative estimate of drug-likeness (QED) is 0.0264. The minimum absolute atomic E-state index is 0.0352. The van der Waals surface area contributed by atoms with Crippen LogP contribution in [0, 0.1) is 0 Å². The smallest absolute Gasteiger partial charge is 0.462 e. The summed E-state index contributed by atoms with van der Waals surface area (Å²) >= 11 is 0. The predicted molar refractivity (Wildman–Crippen MR) is 384 cm³/mol. The van der Waals surface area contributed by atoms with E-state index < -0.39 is 32.5 Å². The third-order valence-corrected chi connectivity index (χ3v) is 14.3. The highest BCUT2D eigenvalue weighted by molar-refractivity contribution is 7.47. The average molecular weight is 1240 g/mol. The van der Waals surface area contributed by atoms with Crippen molar-refractivity contribution < 1.29 is 37.6 Å². The molecule has 0 saturated carbocycles. The van der Waals surface area contributed by atoms with Gasteiger partial charge < -0.3 is 20.1 Å². The van der Waals surface area contributed by atoms with E-state index in [1.807, 2.05) is 0 Å². The molecule has 3 N–H and O–H groups in total. The summed E-state index contributed by atoms with van der Waals surface area (Å²) in [4.78, 5) is 35.3. The Hall–Kier alpha value is -5.67. The maximum Gasteiger partial charge on any atom is 0.472 e. The molecule has 0 aliphatic heterocycles. The standard InChI is InChI=1S/C79H122NO8P/c1-3-5-7-9-11-13-15-17-19-21-23-25-27-29-31-33-35-36-37-38-39-40-42-44-46-48-50-52-54-56-58-60-62-64-66-68-70-72-79(82)88-77(76-87-89(83,84)86-74-73-80)75-85-78(81)71-69-67-65-63-61-59-57-55-53-51-49-47-45-43-41-34-32-30-28-26-24-22-20-18-16-14-12-10-8-6-4-2/h5-8,11-14,17-20,23-26,29-32,35-36,38-39,41-44,47-50,53,55,59,61,77H,3-4,9-10,15-16,21-22,27-28,33-34,37,40,45-46,51-52,54,56-58,60,62-76,80H2,1-2H3,(H,83,84)/b7-5-,8-6-,13-11-,14-12-,19-17-,20-18-,25-23-,26-24-,31-29-,32-30-,36-35-,39-38-,43-41-,44-42-,49-47-,50-48-,55-53-,61-59-. The Labute approximate surface area is 543 Å². The van der Waals surface area contributed by atoms with Crippen molar-refractivity contribution in [1.29, 1.82) is 0 Å². The second-order valence-corrected chi connectivity index (χ2v) is 23.0. The molecule has 0 saturated heterocycles. The number of hydrogen-bond acceptors (Lipinski definition) is 8. The molecule has 0 amide bonds. The zero-order valence-electron chi connectivity index (χ0n) is 55.6. The molecule has 0 aliphatic rings. The van der Waals surface area contributed by atoms with Crippen molar-refractivity contribution in [2.45, 2.75) is 238 Å². The predicted octanol–water partition coefficient (Wildman–Crippen LogP) is 22.8. The van der Waals surface area contributed by atoms with Crippen LogP contribution in [0.4, 0.5) is 0 Å². The van der Waals surface area contributed by atoms with E-state index in [2.05, 4.69) is 233 Å². The first-order valence-corrected chi connectivity index (χ1v) is 35.7. The lowest BCUT2D eigenvalue weighted by molar-refractivity contribution is -0.161. The third kappa shape index (κ3) is 71.3. The molecule has 0 rings (SSSR count). The zero-order chi connectivity index (χ0) is 64.4. The highest BCUT2D eigenvalue weighted by atomic mass is 31.2. The number of carbonyl (C=O) groups excluding carboxylic acids is 2. The van der Waals surface area contributed by atoms with Crippen molar-refractivity contribution in [3.05, 3.63) is 219 Å². The van der Waals surface area contributed by atoms with Gasteiger partial charge in [0.25, 0.3) is 0 Å². The van der Waals surface area contributed by atoms with Gasteiger partial charge in [-0.1, -0.05) is 284 Å². The molecular formula is C79H122NO8P. The first-order chi connectivity index (χ1) is 43.8. The molecule has 0 bridgehead atoms. The first kappa shape index (κ1) is 83.3. The number of carbonyl (C=O) groups is 2. The van der Waals surface area contributed by atoms with Crippen LogP contribution in [0.15, 0.2) is 219 Å². The van der Waals surface area contributed by atoms with E-state index in [-0.39, 0.29) is 32.6 Å². The summed E-state index contributed by atoms with van der Waals surface area (Å²) in [5.41, 5.74) is 5.39. The highest BCUT2D eigenvalue weighted by Gasteiger charge is 2.26. The van der Waals surface area contributed by atoms with Crippen LogP contribution >= 0.6 is 7.82 Å². The largest absolute Gasteiger partial charge is 0.472 e. The number of allylic oxidation sites excluding steroid dienone is 36. The van der Waals surface area contributed by atoms with E-state index in [1.54, 1.807) is 0 Å². The molecule has 0 aromatic heterocycles. The number of esters is 2. The van der Waals surface area contributed by atoms with E-state index in [1.165, 1.54) is 32.1 Å². The van der Waals surface area contributed by atoms with Gasteiger partial charge in [-0.3, -0.25) is 18.6 Å². The number of phosphoric acid groups is 1. The number of phosphoric ester groups is 1. The molecule has 496 valence electrons. The number of nitrogens with two attached hydrogens (primary N) is 1. The molecule has 0 aromatic rings. The fraction of sp³-hybridized carbons (Fsp3) is 0.519. The van der Waals surface area contributed by atoms with Gasteiger partial charge >= 0.3 is 19.8 Å². The fourth-order valence-corrected chi connectivity index (χ4v) is 9.15. The Bertz CT molecular complexity index is 2260. The normalized spacial score (nSPS) is 14.3. The van der Waals surface area contributed by atoms with Crippen LogP contribution in [0.25, 0.3) is 0 Å². The van der Waals surface area contributed by atoms with E-state index >= 15 is 0 Å². The summed E-state index contributed by atoms with van der Waals surface area (Å²) in [7, 11) is -4.42. The number of unbranched alkanes of at least 4 members (excludes halogenated alkanes) is 12. The Morgan fingerprint density at radius 3 is 0.876 bits per heavy atom. The van der Waals surface area contributed by atoms with Gasteiger partial charge in [0.2, 0.25) is 0 Å². The number of hydrogen-bond donors (Lipinski definition) is 2. The van der Waals surface area contributed by atoms with E-state index in [9.17, 15) is 19.0 Å². The summed E-state index contributed by atoms with van der Waals surface area (Å²) in [6, 6.07) is 0.